The highest BCUT2D eigenvalue weighted by Crippen LogP contribution is 2.37. The largest absolute Gasteiger partial charge is 0.305 e. The minimum Gasteiger partial charge on any atom is -0.301 e. The number of nitrogens with zero attached hydrogens (tertiary/aromatic N) is 3. The van der Waals surface area contributed by atoms with Gasteiger partial charge < -0.3 is 9.80 Å². The molecule has 0 saturated carbocycles. The summed E-state index contributed by atoms with van der Waals surface area (Å²) < 4.78 is 28.4. The first-order chi connectivity index (χ1) is 10.8. The second-order valence-electron chi connectivity index (χ2n) is 8.14. The van der Waals surface area contributed by atoms with Crippen molar-refractivity contribution in [2.75, 3.05) is 45.8 Å². The Bertz CT molecular complexity index is 352. The van der Waals surface area contributed by atoms with Gasteiger partial charge in [0, 0.05) is 51.7 Å². The maximum atomic E-state index is 14.2. The molecule has 136 valence electrons. The van der Waals surface area contributed by atoms with Gasteiger partial charge in [-0.2, -0.15) is 8.78 Å². The van der Waals surface area contributed by atoms with Crippen LogP contribution in [-0.2, 0) is 0 Å². The molecule has 0 amide bonds. The van der Waals surface area contributed by atoms with Crippen LogP contribution in [0.3, 0.4) is 0 Å². The van der Waals surface area contributed by atoms with Crippen LogP contribution >= 0.6 is 0 Å². The minimum atomic E-state index is -2.62. The lowest BCUT2D eigenvalue weighted by atomic mass is 9.91. The fourth-order valence-electron chi connectivity index (χ4n) is 4.01. The van der Waals surface area contributed by atoms with Gasteiger partial charge in [0.1, 0.15) is 0 Å². The summed E-state index contributed by atoms with van der Waals surface area (Å²) in [6.45, 7) is 15.4. The quantitative estimate of drug-likeness (QED) is 0.691. The molecular formula is C18H35F2N3. The van der Waals surface area contributed by atoms with E-state index in [1.807, 2.05) is 13.8 Å². The molecule has 23 heavy (non-hydrogen) atoms. The zero-order valence-electron chi connectivity index (χ0n) is 15.4. The Morgan fingerprint density at radius 1 is 0.957 bits per heavy atom. The molecule has 0 spiro atoms. The first-order valence-electron chi connectivity index (χ1n) is 9.37. The molecule has 5 heteroatoms. The first kappa shape index (κ1) is 19.1. The lowest BCUT2D eigenvalue weighted by Gasteiger charge is -2.42. The van der Waals surface area contributed by atoms with Gasteiger partial charge in [-0.25, -0.2) is 4.90 Å². The smallest absolute Gasteiger partial charge is 0.301 e. The van der Waals surface area contributed by atoms with E-state index in [1.54, 1.807) is 0 Å². The van der Waals surface area contributed by atoms with Crippen molar-refractivity contribution in [3.63, 3.8) is 0 Å². The Hall–Kier alpha value is -0.260. The predicted octanol–water partition coefficient (Wildman–Crippen LogP) is 3.36. The summed E-state index contributed by atoms with van der Waals surface area (Å²) in [5.74, 6) is 0.892. The van der Waals surface area contributed by atoms with Gasteiger partial charge in [-0.1, -0.05) is 13.8 Å². The summed E-state index contributed by atoms with van der Waals surface area (Å²) in [5.41, 5.74) is 0. The lowest BCUT2D eigenvalue weighted by Crippen LogP contribution is -2.52. The van der Waals surface area contributed by atoms with Crippen LogP contribution in [0.4, 0.5) is 8.78 Å². The minimum absolute atomic E-state index is 0.0402. The Labute approximate surface area is 141 Å². The van der Waals surface area contributed by atoms with Gasteiger partial charge in [0.05, 0.1) is 0 Å². The molecule has 0 aliphatic carbocycles. The van der Waals surface area contributed by atoms with E-state index in [0.717, 1.165) is 51.5 Å². The Balaban J connectivity index is 1.69. The van der Waals surface area contributed by atoms with Crippen LogP contribution in [0.2, 0.25) is 0 Å². The van der Waals surface area contributed by atoms with Crippen LogP contribution in [0.25, 0.3) is 0 Å². The van der Waals surface area contributed by atoms with Crippen molar-refractivity contribution in [3.8, 4) is 0 Å². The molecule has 3 nitrogen and oxygen atoms in total. The van der Waals surface area contributed by atoms with E-state index >= 15 is 0 Å². The Morgan fingerprint density at radius 2 is 1.57 bits per heavy atom. The number of hydrogen-bond donors (Lipinski definition) is 0. The number of rotatable bonds is 6. The molecule has 0 N–H and O–H groups in total. The SMILES string of the molecule is CC(C)CN1CCN(CCC2CCN(C(C)C)C(F)(F)C2)CC1. The summed E-state index contributed by atoms with van der Waals surface area (Å²) in [4.78, 5) is 6.36. The summed E-state index contributed by atoms with van der Waals surface area (Å²) >= 11 is 0. The highest BCUT2D eigenvalue weighted by Gasteiger charge is 2.44. The van der Waals surface area contributed by atoms with E-state index < -0.39 is 6.05 Å². The zero-order valence-corrected chi connectivity index (χ0v) is 15.4. The number of likely N-dealkylation sites (tertiary alicyclic amines) is 1. The second-order valence-corrected chi connectivity index (χ2v) is 8.14. The van der Waals surface area contributed by atoms with E-state index in [9.17, 15) is 8.78 Å². The first-order valence-corrected chi connectivity index (χ1v) is 9.37. The molecule has 2 saturated heterocycles. The predicted molar refractivity (Wildman–Crippen MR) is 91.8 cm³/mol. The maximum Gasteiger partial charge on any atom is 0.305 e. The van der Waals surface area contributed by atoms with E-state index in [4.69, 9.17) is 0 Å². The zero-order chi connectivity index (χ0) is 17.0. The third kappa shape index (κ3) is 5.64. The molecule has 2 rings (SSSR count). The molecule has 0 radical (unpaired) electrons. The van der Waals surface area contributed by atoms with Gasteiger partial charge in [-0.15, -0.1) is 0 Å². The number of piperazine rings is 1. The van der Waals surface area contributed by atoms with E-state index in [2.05, 4.69) is 23.6 Å². The molecule has 1 unspecified atom stereocenters. The molecule has 2 heterocycles. The summed E-state index contributed by atoms with van der Waals surface area (Å²) in [6.07, 6.45) is 1.88. The lowest BCUT2D eigenvalue weighted by molar-refractivity contribution is -0.193. The maximum absolute atomic E-state index is 14.2. The summed E-state index contributed by atoms with van der Waals surface area (Å²) in [5, 5.41) is 0. The third-order valence-corrected chi connectivity index (χ3v) is 5.30. The molecule has 0 bridgehead atoms. The van der Waals surface area contributed by atoms with Gasteiger partial charge in [0.25, 0.3) is 0 Å². The molecule has 0 aromatic carbocycles. The average molecular weight is 331 g/mol. The van der Waals surface area contributed by atoms with Gasteiger partial charge >= 0.3 is 6.05 Å². The van der Waals surface area contributed by atoms with Crippen LogP contribution in [0, 0.1) is 11.8 Å². The Kier molecular flexibility index (Phi) is 6.81. The number of hydrogen-bond acceptors (Lipinski definition) is 3. The van der Waals surface area contributed by atoms with Crippen molar-refractivity contribution in [2.24, 2.45) is 11.8 Å². The second kappa shape index (κ2) is 8.21. The van der Waals surface area contributed by atoms with Crippen LogP contribution in [0.5, 0.6) is 0 Å². The van der Waals surface area contributed by atoms with E-state index in [-0.39, 0.29) is 18.4 Å². The monoisotopic (exact) mass is 331 g/mol. The third-order valence-electron chi connectivity index (χ3n) is 5.30. The molecular weight excluding hydrogens is 296 g/mol. The fraction of sp³-hybridized carbons (Fsp3) is 1.00. The molecule has 2 fully saturated rings. The normalized spacial score (nSPS) is 27.9. The van der Waals surface area contributed by atoms with Crippen LogP contribution in [0.15, 0.2) is 0 Å². The van der Waals surface area contributed by atoms with Crippen molar-refractivity contribution in [1.29, 1.82) is 0 Å². The van der Waals surface area contributed by atoms with Crippen molar-refractivity contribution in [3.05, 3.63) is 0 Å². The molecule has 1 atom stereocenters. The van der Waals surface area contributed by atoms with Gasteiger partial charge in [-0.05, 0) is 45.1 Å². The highest BCUT2D eigenvalue weighted by atomic mass is 19.3. The van der Waals surface area contributed by atoms with Crippen LogP contribution < -0.4 is 0 Å². The number of alkyl halides is 2. The standard InChI is InChI=1S/C18H35F2N3/c1-15(2)14-22-11-9-21(10-12-22)7-5-17-6-8-23(16(3)4)18(19,20)13-17/h15-17H,5-14H2,1-4H3. The average Bonchev–Trinajstić information content (AvgIpc) is 2.44. The van der Waals surface area contributed by atoms with Crippen molar-refractivity contribution >= 4 is 0 Å². The Morgan fingerprint density at radius 3 is 2.09 bits per heavy atom. The number of piperidine rings is 1. The van der Waals surface area contributed by atoms with Gasteiger partial charge in [0.2, 0.25) is 0 Å². The molecule has 0 aromatic rings. The van der Waals surface area contributed by atoms with Crippen molar-refractivity contribution in [1.82, 2.24) is 14.7 Å². The van der Waals surface area contributed by atoms with Crippen LogP contribution in [-0.4, -0.2) is 72.6 Å². The summed E-state index contributed by atoms with van der Waals surface area (Å²) in [7, 11) is 0. The highest BCUT2D eigenvalue weighted by molar-refractivity contribution is 4.84. The molecule has 2 aliphatic rings. The summed E-state index contributed by atoms with van der Waals surface area (Å²) in [6, 6.07) is -2.69. The molecule has 0 aromatic heterocycles. The topological polar surface area (TPSA) is 9.72 Å². The van der Waals surface area contributed by atoms with Gasteiger partial charge in [-0.3, -0.25) is 0 Å². The fourth-order valence-corrected chi connectivity index (χ4v) is 4.01. The number of halogens is 2. The molecule has 2 aliphatic heterocycles. The van der Waals surface area contributed by atoms with Gasteiger partial charge in [0.15, 0.2) is 0 Å². The van der Waals surface area contributed by atoms with E-state index in [0.29, 0.717) is 6.54 Å². The van der Waals surface area contributed by atoms with E-state index in [1.165, 1.54) is 11.4 Å². The van der Waals surface area contributed by atoms with Crippen LogP contribution in [0.1, 0.15) is 47.0 Å². The van der Waals surface area contributed by atoms with Crippen molar-refractivity contribution in [2.45, 2.75) is 59.0 Å². The van der Waals surface area contributed by atoms with Crippen molar-refractivity contribution < 1.29 is 8.78 Å².